The van der Waals surface area contributed by atoms with Crippen LogP contribution >= 0.6 is 0 Å². The van der Waals surface area contributed by atoms with Crippen molar-refractivity contribution in [3.05, 3.63) is 71.8 Å². The molecule has 2 aliphatic heterocycles. The van der Waals surface area contributed by atoms with E-state index in [1.807, 2.05) is 60.7 Å². The second-order valence-corrected chi connectivity index (χ2v) is 14.8. The lowest BCUT2D eigenvalue weighted by molar-refractivity contribution is -0.157. The number of carboxylic acid groups (broad SMARTS) is 1. The number of carbonyl (C=O) groups is 6. The molecule has 3 amide bonds. The van der Waals surface area contributed by atoms with Crippen LogP contribution in [0.5, 0.6) is 0 Å². The SMILES string of the molecule is CC(C)(C)OC(=O)CCC(=O)N1CCN(C(=O)OCc2ccccc2)CC1.CC(C)(C)OC(=O)CCC(=O)O.O=C(OCc1ccccc1)N1CCNCC1. The predicted octanol–water partition coefficient (Wildman–Crippen LogP) is 5.01. The van der Waals surface area contributed by atoms with Gasteiger partial charge in [0.2, 0.25) is 5.91 Å². The van der Waals surface area contributed by atoms with Crippen LogP contribution in [0.25, 0.3) is 0 Å². The highest BCUT2D eigenvalue weighted by molar-refractivity contribution is 5.82. The summed E-state index contributed by atoms with van der Waals surface area (Å²) >= 11 is 0. The summed E-state index contributed by atoms with van der Waals surface area (Å²) in [5.74, 6) is -1.93. The second-order valence-electron chi connectivity index (χ2n) is 14.8. The minimum absolute atomic E-state index is 0.0629. The monoisotopic (exact) mass is 770 g/mol. The second kappa shape index (κ2) is 23.6. The first-order valence-electron chi connectivity index (χ1n) is 18.5. The lowest BCUT2D eigenvalue weighted by Crippen LogP contribution is -2.50. The Morgan fingerprint density at radius 2 is 0.945 bits per heavy atom. The number of piperazine rings is 2. The smallest absolute Gasteiger partial charge is 0.410 e. The van der Waals surface area contributed by atoms with Crippen molar-refractivity contribution in [2.24, 2.45) is 0 Å². The average molecular weight is 771 g/mol. The van der Waals surface area contributed by atoms with Gasteiger partial charge in [0.15, 0.2) is 0 Å². The summed E-state index contributed by atoms with van der Waals surface area (Å²) in [6, 6.07) is 19.2. The van der Waals surface area contributed by atoms with Crippen LogP contribution in [0.3, 0.4) is 0 Å². The van der Waals surface area contributed by atoms with Gasteiger partial charge in [0, 0.05) is 58.8 Å². The largest absolute Gasteiger partial charge is 0.481 e. The zero-order chi connectivity index (χ0) is 40.9. The van der Waals surface area contributed by atoms with Crippen LogP contribution in [0, 0.1) is 0 Å². The number of esters is 2. The molecule has 0 radical (unpaired) electrons. The number of carboxylic acids is 1. The third kappa shape index (κ3) is 21.3. The molecule has 2 saturated heterocycles. The van der Waals surface area contributed by atoms with E-state index in [4.69, 9.17) is 24.1 Å². The molecule has 15 heteroatoms. The quantitative estimate of drug-likeness (QED) is 0.244. The van der Waals surface area contributed by atoms with Crippen LogP contribution in [0.4, 0.5) is 9.59 Å². The summed E-state index contributed by atoms with van der Waals surface area (Å²) in [7, 11) is 0. The minimum atomic E-state index is -0.985. The van der Waals surface area contributed by atoms with E-state index >= 15 is 0 Å². The van der Waals surface area contributed by atoms with Crippen LogP contribution in [0.15, 0.2) is 60.7 Å². The first-order chi connectivity index (χ1) is 25.9. The van der Waals surface area contributed by atoms with Gasteiger partial charge in [-0.05, 0) is 52.7 Å². The van der Waals surface area contributed by atoms with Gasteiger partial charge in [0.25, 0.3) is 0 Å². The van der Waals surface area contributed by atoms with E-state index in [2.05, 4.69) is 5.32 Å². The van der Waals surface area contributed by atoms with Crippen molar-refractivity contribution in [1.82, 2.24) is 20.0 Å². The van der Waals surface area contributed by atoms with Crippen LogP contribution in [-0.2, 0) is 51.3 Å². The summed E-state index contributed by atoms with van der Waals surface area (Å²) in [4.78, 5) is 73.7. The van der Waals surface area contributed by atoms with Crippen molar-refractivity contribution in [2.75, 3.05) is 52.4 Å². The van der Waals surface area contributed by atoms with Crippen LogP contribution < -0.4 is 5.32 Å². The van der Waals surface area contributed by atoms with Gasteiger partial charge in [0.05, 0.1) is 19.3 Å². The molecule has 15 nitrogen and oxygen atoms in total. The molecule has 55 heavy (non-hydrogen) atoms. The predicted molar refractivity (Wildman–Crippen MR) is 204 cm³/mol. The van der Waals surface area contributed by atoms with E-state index in [1.54, 1.807) is 56.2 Å². The van der Waals surface area contributed by atoms with Crippen LogP contribution in [0.2, 0.25) is 0 Å². The molecule has 0 aliphatic carbocycles. The Hall–Kier alpha value is -5.18. The number of nitrogens with one attached hydrogen (secondary N) is 1. The number of rotatable bonds is 10. The highest BCUT2D eigenvalue weighted by Crippen LogP contribution is 2.13. The van der Waals surface area contributed by atoms with E-state index in [-0.39, 0.29) is 56.4 Å². The third-order valence-corrected chi connectivity index (χ3v) is 7.60. The molecular weight excluding hydrogens is 712 g/mol. The summed E-state index contributed by atoms with van der Waals surface area (Å²) < 4.78 is 20.6. The molecule has 304 valence electrons. The van der Waals surface area contributed by atoms with Gasteiger partial charge in [-0.1, -0.05) is 60.7 Å². The molecule has 0 saturated carbocycles. The minimum Gasteiger partial charge on any atom is -0.481 e. The summed E-state index contributed by atoms with van der Waals surface area (Å²) in [6.45, 7) is 16.1. The number of hydrogen-bond donors (Lipinski definition) is 2. The summed E-state index contributed by atoms with van der Waals surface area (Å²) in [5, 5.41) is 11.4. The Bertz CT molecular complexity index is 1490. The molecule has 2 aromatic rings. The Kier molecular flexibility index (Phi) is 19.7. The molecule has 2 N–H and O–H groups in total. The Morgan fingerprint density at radius 3 is 1.35 bits per heavy atom. The lowest BCUT2D eigenvalue weighted by atomic mass is 10.2. The van der Waals surface area contributed by atoms with Crippen molar-refractivity contribution in [3.63, 3.8) is 0 Å². The zero-order valence-corrected chi connectivity index (χ0v) is 33.0. The number of hydrogen-bond acceptors (Lipinski definition) is 11. The van der Waals surface area contributed by atoms with Gasteiger partial charge < -0.3 is 44.1 Å². The normalized spacial score (nSPS) is 14.2. The third-order valence-electron chi connectivity index (χ3n) is 7.60. The van der Waals surface area contributed by atoms with E-state index in [1.165, 1.54) is 0 Å². The highest BCUT2D eigenvalue weighted by Gasteiger charge is 2.26. The Balaban J connectivity index is 0.000000316. The van der Waals surface area contributed by atoms with E-state index in [0.717, 1.165) is 37.3 Å². The maximum atomic E-state index is 12.2. The first-order valence-corrected chi connectivity index (χ1v) is 18.5. The molecule has 2 heterocycles. The lowest BCUT2D eigenvalue weighted by Gasteiger charge is -2.34. The Labute approximate surface area is 324 Å². The van der Waals surface area contributed by atoms with Gasteiger partial charge in [-0.15, -0.1) is 0 Å². The molecular formula is C40H58N4O11. The number of carbonyl (C=O) groups excluding carboxylic acids is 5. The molecule has 2 fully saturated rings. The molecule has 2 aromatic carbocycles. The maximum absolute atomic E-state index is 12.2. The maximum Gasteiger partial charge on any atom is 0.410 e. The number of amides is 3. The number of nitrogens with zero attached hydrogens (tertiary/aromatic N) is 3. The molecule has 4 rings (SSSR count). The van der Waals surface area contributed by atoms with Gasteiger partial charge in [0.1, 0.15) is 24.4 Å². The molecule has 0 bridgehead atoms. The molecule has 2 aliphatic rings. The first kappa shape index (κ1) is 46.0. The van der Waals surface area contributed by atoms with Crippen LogP contribution in [0.1, 0.15) is 78.4 Å². The van der Waals surface area contributed by atoms with Gasteiger partial charge in [-0.3, -0.25) is 19.2 Å². The van der Waals surface area contributed by atoms with E-state index in [0.29, 0.717) is 32.8 Å². The van der Waals surface area contributed by atoms with Gasteiger partial charge in [-0.2, -0.15) is 0 Å². The van der Waals surface area contributed by atoms with E-state index in [9.17, 15) is 28.8 Å². The Morgan fingerprint density at radius 1 is 0.564 bits per heavy atom. The standard InChI is InChI=1S/C20H28N2O5.C12H16N2O2.C8H14O4/c1-20(2,3)27-18(24)10-9-17(23)21-11-13-22(14-12-21)19(25)26-15-16-7-5-4-6-8-16;15-12(14-8-6-13-7-9-14)16-10-11-4-2-1-3-5-11;1-8(2,3)12-7(11)5-4-6(9)10/h4-8H,9-15H2,1-3H3;1-5,13H,6-10H2;4-5H2,1-3H3,(H,9,10). The fourth-order valence-electron chi connectivity index (χ4n) is 4.97. The number of ether oxygens (including phenoxy) is 4. The summed E-state index contributed by atoms with van der Waals surface area (Å²) in [6.07, 6.45) is -0.644. The van der Waals surface area contributed by atoms with Crippen molar-refractivity contribution in [2.45, 2.75) is 91.6 Å². The van der Waals surface area contributed by atoms with Crippen molar-refractivity contribution in [3.8, 4) is 0 Å². The van der Waals surface area contributed by atoms with Gasteiger partial charge >= 0.3 is 30.1 Å². The van der Waals surface area contributed by atoms with Crippen LogP contribution in [-0.4, -0.2) is 119 Å². The number of aliphatic carboxylic acids is 1. The van der Waals surface area contributed by atoms with Crippen molar-refractivity contribution in [1.29, 1.82) is 0 Å². The molecule has 0 atom stereocenters. The molecule has 0 spiro atoms. The average Bonchev–Trinajstić information content (AvgIpc) is 3.14. The molecule has 0 aromatic heterocycles. The highest BCUT2D eigenvalue weighted by atomic mass is 16.6. The fraction of sp³-hybridized carbons (Fsp3) is 0.550. The number of benzene rings is 2. The van der Waals surface area contributed by atoms with Gasteiger partial charge in [-0.25, -0.2) is 9.59 Å². The van der Waals surface area contributed by atoms with Crippen molar-refractivity contribution >= 4 is 36.0 Å². The summed E-state index contributed by atoms with van der Waals surface area (Å²) in [5.41, 5.74) is 0.870. The van der Waals surface area contributed by atoms with Crippen molar-refractivity contribution < 1.29 is 52.8 Å². The molecule has 0 unspecified atom stereocenters. The fourth-order valence-corrected chi connectivity index (χ4v) is 4.97. The van der Waals surface area contributed by atoms with E-state index < -0.39 is 23.1 Å². The topological polar surface area (TPSA) is 181 Å². The zero-order valence-electron chi connectivity index (χ0n) is 33.0.